The third-order valence-electron chi connectivity index (χ3n) is 16.6. The maximum Gasteiger partial charge on any atom is 0.233 e. The molecule has 3 unspecified atom stereocenters. The molecule has 0 aliphatic heterocycles. The van der Waals surface area contributed by atoms with Crippen LogP contribution in [0.25, 0.3) is 0 Å². The summed E-state index contributed by atoms with van der Waals surface area (Å²) >= 11 is 0. The van der Waals surface area contributed by atoms with Crippen LogP contribution in [0.3, 0.4) is 0 Å². The summed E-state index contributed by atoms with van der Waals surface area (Å²) in [5.74, 6) is 54.5. The largest absolute Gasteiger partial charge is 0.355 e. The van der Waals surface area contributed by atoms with Crippen LogP contribution in [-0.4, -0.2) is 73.7 Å². The van der Waals surface area contributed by atoms with E-state index >= 15 is 0 Å². The number of hydrogen-bond donors (Lipinski definition) is 7. The molecular weight excluding hydrogens is 1400 g/mol. The molecule has 4 aromatic rings. The van der Waals surface area contributed by atoms with Gasteiger partial charge in [0.2, 0.25) is 41.4 Å². The molecule has 3 atom stereocenters. The van der Waals surface area contributed by atoms with E-state index in [9.17, 15) is 38.4 Å². The van der Waals surface area contributed by atoms with E-state index in [0.717, 1.165) is 60.8 Å². The molecule has 113 heavy (non-hydrogen) atoms. The van der Waals surface area contributed by atoms with Crippen molar-refractivity contribution in [2.24, 2.45) is 35.0 Å². The first-order valence-corrected chi connectivity index (χ1v) is 39.0. The standard InChI is InChI=1S/C26H30N2O2.C25H26O.C20H24N2O2.C15H22N2O2.C12H17NO/c1-4-5-6-7-14-19-24(29)27-20-28-25(30)26(21(2)3,22-15-10-8-11-16-22)23-17-12-9-13-18-23;1-4-5-6-7-8-15-20-24(26)25(21(2)3,22-16-11-9-12-17-22)23-18-13-10-14-19-23;1-4-5-6-7-11-14-18(23)21-15-22-20(24)19(16(2)3)17-12-9-8-10-13-17;1-5-6-7-8-9-10-13(18)16-12-17-14(19)11-15(2,3)4;1-4-5-6-7-8-9-12(14)13-10-11(2)3/h8-13,15-17,21,23H,4,18-20H2,1-3H3,(H,27,29)(H,28,30);9-14,16-19,21H,4,15,20H2,1-3H3;8-10,12-13,16,19H,4,14-15H2,1-3H3,(H,21,23)(H,22,24);5,10-12H2,1-4H3,(H,16,18)(H,17,19);11H,4,9-10H2,1-3H3,(H,13,14). The Hall–Kier alpha value is -12.1. The van der Waals surface area contributed by atoms with Crippen LogP contribution in [0.4, 0.5) is 0 Å². The summed E-state index contributed by atoms with van der Waals surface area (Å²) in [4.78, 5) is 96.9. The Morgan fingerprint density at radius 3 is 1.13 bits per heavy atom. The van der Waals surface area contributed by atoms with E-state index in [1.807, 2.05) is 178 Å². The van der Waals surface area contributed by atoms with Crippen LogP contribution in [0.1, 0.15) is 222 Å². The fourth-order valence-electron chi connectivity index (χ4n) is 11.4. The van der Waals surface area contributed by atoms with Gasteiger partial charge in [-0.1, -0.05) is 316 Å². The van der Waals surface area contributed by atoms with Crippen molar-refractivity contribution in [2.75, 3.05) is 26.6 Å². The highest BCUT2D eigenvalue weighted by Gasteiger charge is 2.48. The van der Waals surface area contributed by atoms with E-state index in [1.165, 1.54) is 0 Å². The van der Waals surface area contributed by atoms with Crippen LogP contribution in [0.5, 0.6) is 0 Å². The van der Waals surface area contributed by atoms with E-state index in [0.29, 0.717) is 31.7 Å². The molecule has 4 aromatic carbocycles. The van der Waals surface area contributed by atoms with Crippen molar-refractivity contribution in [3.8, 4) is 118 Å². The van der Waals surface area contributed by atoms with E-state index in [1.54, 1.807) is 0 Å². The molecule has 15 heteroatoms. The molecule has 0 radical (unpaired) electrons. The number of benzene rings is 4. The van der Waals surface area contributed by atoms with Crippen LogP contribution < -0.4 is 37.2 Å². The lowest BCUT2D eigenvalue weighted by molar-refractivity contribution is -0.131. The molecule has 0 spiro atoms. The number of carbonyl (C=O) groups excluding carboxylic acids is 8. The van der Waals surface area contributed by atoms with E-state index < -0.39 is 10.8 Å². The van der Waals surface area contributed by atoms with Crippen LogP contribution in [0.2, 0.25) is 0 Å². The molecular formula is C98H119N7O8. The fraction of sp³-hybridized carbons (Fsp3) is 0.429. The number of Topliss-reactive ketones (excluding diaryl/α,β-unsaturated/α-hetero) is 1. The van der Waals surface area contributed by atoms with Crippen molar-refractivity contribution in [1.82, 2.24) is 37.2 Å². The molecule has 0 saturated carbocycles. The summed E-state index contributed by atoms with van der Waals surface area (Å²) in [7, 11) is 0. The molecule has 0 aromatic heterocycles. The van der Waals surface area contributed by atoms with Crippen LogP contribution in [0, 0.1) is 153 Å². The minimum Gasteiger partial charge on any atom is -0.355 e. The van der Waals surface area contributed by atoms with Crippen molar-refractivity contribution in [2.45, 2.75) is 211 Å². The Morgan fingerprint density at radius 2 is 0.770 bits per heavy atom. The summed E-state index contributed by atoms with van der Waals surface area (Å²) < 4.78 is 0. The summed E-state index contributed by atoms with van der Waals surface area (Å²) in [6.45, 7) is 33.2. The molecule has 0 heterocycles. The van der Waals surface area contributed by atoms with Crippen molar-refractivity contribution < 1.29 is 38.4 Å². The van der Waals surface area contributed by atoms with Crippen molar-refractivity contribution in [3.63, 3.8) is 0 Å². The Labute approximate surface area is 677 Å². The molecule has 15 nitrogen and oxygen atoms in total. The van der Waals surface area contributed by atoms with Crippen molar-refractivity contribution in [3.05, 3.63) is 168 Å². The Balaban J connectivity index is 0.000000721. The molecule has 1 aliphatic rings. The van der Waals surface area contributed by atoms with Gasteiger partial charge >= 0.3 is 0 Å². The van der Waals surface area contributed by atoms with Gasteiger partial charge in [0, 0.05) is 57.9 Å². The zero-order valence-corrected chi connectivity index (χ0v) is 69.6. The topological polar surface area (TPSA) is 221 Å². The van der Waals surface area contributed by atoms with Gasteiger partial charge in [-0.05, 0) is 123 Å². The van der Waals surface area contributed by atoms with Gasteiger partial charge in [-0.25, -0.2) is 0 Å². The number of carbonyl (C=O) groups is 8. The Kier molecular flexibility index (Phi) is 52.3. The number of allylic oxidation sites excluding steroid dienone is 4. The molecule has 7 N–H and O–H groups in total. The summed E-state index contributed by atoms with van der Waals surface area (Å²) in [6, 6.07) is 39.8. The predicted molar refractivity (Wildman–Crippen MR) is 459 cm³/mol. The Morgan fingerprint density at radius 1 is 0.407 bits per heavy atom. The second-order valence-corrected chi connectivity index (χ2v) is 28.2. The number of hydrogen-bond acceptors (Lipinski definition) is 8. The minimum absolute atomic E-state index is 0.0236. The van der Waals surface area contributed by atoms with Crippen molar-refractivity contribution in [1.29, 1.82) is 0 Å². The maximum atomic E-state index is 13.6. The average Bonchev–Trinajstić information content (AvgIpc) is 0.762. The third-order valence-corrected chi connectivity index (χ3v) is 16.6. The lowest BCUT2D eigenvalue weighted by Gasteiger charge is -2.42. The van der Waals surface area contributed by atoms with Gasteiger partial charge in [0.25, 0.3) is 0 Å². The zero-order chi connectivity index (χ0) is 84.0. The van der Waals surface area contributed by atoms with E-state index in [2.05, 4.69) is 234 Å². The van der Waals surface area contributed by atoms with Gasteiger partial charge in [-0.3, -0.25) is 38.4 Å². The third kappa shape index (κ3) is 41.5. The second-order valence-electron chi connectivity index (χ2n) is 28.2. The Bertz CT molecular complexity index is 4330. The first-order chi connectivity index (χ1) is 54.2. The highest BCUT2D eigenvalue weighted by atomic mass is 16.2. The van der Waals surface area contributed by atoms with Crippen LogP contribution >= 0.6 is 0 Å². The highest BCUT2D eigenvalue weighted by Crippen LogP contribution is 2.44. The SMILES string of the molecule is CCC#CC#CCC(=O)NCC(C)C.CCC#CC#CCC(=O)NCNC(=O)C(c1ccccc1)(C(C)C)C1C=CC=CC1.CCC#CC#CCC(=O)NCNC(=O)C(c1ccccc1)C(C)C.CCC#CC#CCC(=O)NCNC(=O)CC(C)(C)C.CCC#CC#CCCC(=O)C(c1ccccc1)(c1ccccc1)C(C)C. The summed E-state index contributed by atoms with van der Waals surface area (Å²) in [6.07, 6.45) is 14.7. The average molecular weight is 1520 g/mol. The maximum absolute atomic E-state index is 13.6. The monoisotopic (exact) mass is 1520 g/mol. The molecule has 0 bridgehead atoms. The normalized spacial score (nSPS) is 11.7. The molecule has 594 valence electrons. The number of rotatable bonds is 26. The van der Waals surface area contributed by atoms with Crippen LogP contribution in [-0.2, 0) is 49.2 Å². The summed E-state index contributed by atoms with van der Waals surface area (Å²) in [5.41, 5.74) is 2.60. The first kappa shape index (κ1) is 98.9. The lowest BCUT2D eigenvalue weighted by Crippen LogP contribution is -2.54. The molecule has 0 fully saturated rings. The predicted octanol–water partition coefficient (Wildman–Crippen LogP) is 14.5. The van der Waals surface area contributed by atoms with Gasteiger partial charge in [-0.2, -0.15) is 0 Å². The van der Waals surface area contributed by atoms with Gasteiger partial charge in [0.1, 0.15) is 5.78 Å². The molecule has 0 saturated heterocycles. The lowest BCUT2D eigenvalue weighted by atomic mass is 9.61. The zero-order valence-electron chi connectivity index (χ0n) is 69.6. The van der Waals surface area contributed by atoms with Gasteiger partial charge in [0.05, 0.1) is 62.4 Å². The fourth-order valence-corrected chi connectivity index (χ4v) is 11.4. The number of nitrogens with one attached hydrogen (secondary N) is 7. The number of ketones is 1. The smallest absolute Gasteiger partial charge is 0.233 e. The first-order valence-electron chi connectivity index (χ1n) is 39.0. The second kappa shape index (κ2) is 59.8. The van der Waals surface area contributed by atoms with E-state index in [4.69, 9.17) is 0 Å². The van der Waals surface area contributed by atoms with Gasteiger partial charge in [-0.15, -0.1) is 0 Å². The van der Waals surface area contributed by atoms with Crippen molar-refractivity contribution >= 4 is 47.1 Å². The molecule has 5 rings (SSSR count). The molecule has 7 amide bonds. The van der Waals surface area contributed by atoms with Crippen LogP contribution in [0.15, 0.2) is 146 Å². The van der Waals surface area contributed by atoms with Gasteiger partial charge < -0.3 is 37.2 Å². The highest BCUT2D eigenvalue weighted by molar-refractivity contribution is 5.94. The summed E-state index contributed by atoms with van der Waals surface area (Å²) in [5, 5.41) is 19.0. The van der Waals surface area contributed by atoms with Gasteiger partial charge in [0.15, 0.2) is 0 Å². The quantitative estimate of drug-likeness (QED) is 0.0236. The number of amides is 7. The molecule has 1 aliphatic carbocycles. The minimum atomic E-state index is -0.733. The van der Waals surface area contributed by atoms with E-state index in [-0.39, 0.29) is 128 Å².